The predicted molar refractivity (Wildman–Crippen MR) is 49.0 cm³/mol. The maximum absolute atomic E-state index is 5.84. The maximum atomic E-state index is 5.84. The molecule has 0 aliphatic rings. The number of alkyl halides is 1. The van der Waals surface area contributed by atoms with Gasteiger partial charge in [0, 0.05) is 6.61 Å². The van der Waals surface area contributed by atoms with Crippen LogP contribution in [0.2, 0.25) is 0 Å². The molecule has 0 saturated carbocycles. The largest absolute Gasteiger partial charge is 0.407 e. The summed E-state index contributed by atoms with van der Waals surface area (Å²) >= 11 is 17.5. The summed E-state index contributed by atoms with van der Waals surface area (Å²) in [5, 5.41) is -0.212. The second kappa shape index (κ2) is 4.83. The lowest BCUT2D eigenvalue weighted by Crippen LogP contribution is -2.36. The van der Waals surface area contributed by atoms with Gasteiger partial charge in [-0.3, -0.25) is 0 Å². The first-order valence-corrected chi connectivity index (χ1v) is 7.65. The molecule has 0 aliphatic heterocycles. The van der Waals surface area contributed by atoms with Crippen LogP contribution in [0.3, 0.4) is 0 Å². The van der Waals surface area contributed by atoms with Crippen molar-refractivity contribution >= 4 is 40.7 Å². The molecule has 10 heavy (non-hydrogen) atoms. The van der Waals surface area contributed by atoms with Crippen LogP contribution in [0.4, 0.5) is 0 Å². The second-order valence-corrected chi connectivity index (χ2v) is 8.82. The van der Waals surface area contributed by atoms with Crippen LogP contribution in [0.15, 0.2) is 0 Å². The van der Waals surface area contributed by atoms with Gasteiger partial charge in [0.15, 0.2) is 0 Å². The average Bonchev–Trinajstić information content (AvgIpc) is 1.86. The zero-order valence-electron chi connectivity index (χ0n) is 6.03. The number of rotatable bonds is 4. The van der Waals surface area contributed by atoms with Crippen molar-refractivity contribution in [3.63, 3.8) is 0 Å². The molecule has 0 aromatic heterocycles. The van der Waals surface area contributed by atoms with E-state index in [-0.39, 0.29) is 5.00 Å². The lowest BCUT2D eigenvalue weighted by Gasteiger charge is -2.19. The molecule has 0 rings (SSSR count). The fourth-order valence-electron chi connectivity index (χ4n) is 0.521. The molecule has 0 spiro atoms. The highest BCUT2D eigenvalue weighted by atomic mass is 35.7. The first-order chi connectivity index (χ1) is 4.54. The van der Waals surface area contributed by atoms with Crippen molar-refractivity contribution in [2.45, 2.75) is 25.3 Å². The molecule has 0 radical (unpaired) electrons. The van der Waals surface area contributed by atoms with E-state index in [4.69, 9.17) is 38.2 Å². The summed E-state index contributed by atoms with van der Waals surface area (Å²) in [5.41, 5.74) is 0. The third-order valence-corrected chi connectivity index (χ3v) is 7.01. The maximum Gasteiger partial charge on any atom is 0.407 e. The van der Waals surface area contributed by atoms with Crippen LogP contribution < -0.4 is 0 Å². The molecular formula is C5H11Cl3OSi. The normalized spacial score (nSPS) is 15.3. The molecule has 1 nitrogen and oxygen atoms in total. The van der Waals surface area contributed by atoms with Gasteiger partial charge in [0.25, 0.3) is 0 Å². The molecule has 1 unspecified atom stereocenters. The highest BCUT2D eigenvalue weighted by Gasteiger charge is 2.38. The van der Waals surface area contributed by atoms with Crippen LogP contribution in [0, 0.1) is 0 Å². The lowest BCUT2D eigenvalue weighted by atomic mass is 10.6. The Morgan fingerprint density at radius 2 is 1.90 bits per heavy atom. The standard InChI is InChI=1S/C5H11Cl3OSi/c1-3-5(6)10(7,8)9-4-2/h5H,3-4H2,1-2H3. The van der Waals surface area contributed by atoms with Gasteiger partial charge in [0.05, 0.1) is 5.00 Å². The van der Waals surface area contributed by atoms with Crippen LogP contribution in [0.25, 0.3) is 0 Å². The van der Waals surface area contributed by atoms with Crippen molar-refractivity contribution in [3.8, 4) is 0 Å². The molecular weight excluding hydrogens is 210 g/mol. The summed E-state index contributed by atoms with van der Waals surface area (Å²) in [6.07, 6.45) is 0.751. The molecule has 5 heteroatoms. The van der Waals surface area contributed by atoms with Gasteiger partial charge >= 0.3 is 6.94 Å². The fraction of sp³-hybridized carbons (Fsp3) is 1.00. The molecule has 1 atom stereocenters. The van der Waals surface area contributed by atoms with Crippen LogP contribution >= 0.6 is 33.8 Å². The molecule has 62 valence electrons. The molecule has 0 bridgehead atoms. The summed E-state index contributed by atoms with van der Waals surface area (Å²) < 4.78 is 5.12. The molecule has 0 fully saturated rings. The smallest absolute Gasteiger partial charge is 0.392 e. The van der Waals surface area contributed by atoms with E-state index in [2.05, 4.69) is 0 Å². The van der Waals surface area contributed by atoms with E-state index in [1.165, 1.54) is 0 Å². The molecule has 0 aliphatic carbocycles. The Hall–Kier alpha value is 1.05. The first-order valence-electron chi connectivity index (χ1n) is 3.20. The van der Waals surface area contributed by atoms with Gasteiger partial charge in [0.1, 0.15) is 0 Å². The Balaban J connectivity index is 3.82. The Morgan fingerprint density at radius 3 is 2.20 bits per heavy atom. The van der Waals surface area contributed by atoms with E-state index in [0.29, 0.717) is 6.61 Å². The van der Waals surface area contributed by atoms with Crippen molar-refractivity contribution in [2.24, 2.45) is 0 Å². The third-order valence-electron chi connectivity index (χ3n) is 1.06. The Labute approximate surface area is 77.1 Å². The molecule has 0 aromatic carbocycles. The van der Waals surface area contributed by atoms with E-state index in [0.717, 1.165) is 6.42 Å². The van der Waals surface area contributed by atoms with Gasteiger partial charge in [-0.2, -0.15) is 0 Å². The SMILES string of the molecule is CCO[Si](Cl)(Cl)C(Cl)CC. The average molecular weight is 222 g/mol. The summed E-state index contributed by atoms with van der Waals surface area (Å²) in [6.45, 7) is 1.72. The predicted octanol–water partition coefficient (Wildman–Crippen LogP) is 3.00. The van der Waals surface area contributed by atoms with Crippen molar-refractivity contribution in [1.82, 2.24) is 0 Å². The van der Waals surface area contributed by atoms with Gasteiger partial charge in [0.2, 0.25) is 0 Å². The highest BCUT2D eigenvalue weighted by Crippen LogP contribution is 2.26. The van der Waals surface area contributed by atoms with Gasteiger partial charge in [-0.25, -0.2) is 0 Å². The molecule has 0 heterocycles. The van der Waals surface area contributed by atoms with Crippen LogP contribution in [0.5, 0.6) is 0 Å². The van der Waals surface area contributed by atoms with Crippen molar-refractivity contribution in [2.75, 3.05) is 6.61 Å². The number of hydrogen-bond acceptors (Lipinski definition) is 1. The van der Waals surface area contributed by atoms with Crippen LogP contribution in [-0.4, -0.2) is 18.5 Å². The summed E-state index contributed by atoms with van der Waals surface area (Å²) in [6, 6.07) is 0. The zero-order chi connectivity index (χ0) is 8.20. The summed E-state index contributed by atoms with van der Waals surface area (Å²) in [7, 11) is 0. The van der Waals surface area contributed by atoms with E-state index < -0.39 is 6.94 Å². The topological polar surface area (TPSA) is 9.23 Å². The Kier molecular flexibility index (Phi) is 5.34. The monoisotopic (exact) mass is 220 g/mol. The lowest BCUT2D eigenvalue weighted by molar-refractivity contribution is 0.346. The van der Waals surface area contributed by atoms with E-state index >= 15 is 0 Å². The van der Waals surface area contributed by atoms with E-state index in [1.807, 2.05) is 13.8 Å². The zero-order valence-corrected chi connectivity index (χ0v) is 9.30. The van der Waals surface area contributed by atoms with Crippen molar-refractivity contribution in [1.29, 1.82) is 0 Å². The van der Waals surface area contributed by atoms with Crippen LogP contribution in [-0.2, 0) is 4.43 Å². The van der Waals surface area contributed by atoms with Gasteiger partial charge < -0.3 is 4.43 Å². The summed E-state index contributed by atoms with van der Waals surface area (Å²) in [5.74, 6) is 0. The molecule has 0 aromatic rings. The van der Waals surface area contributed by atoms with Gasteiger partial charge in [-0.15, -0.1) is 33.8 Å². The Bertz CT molecular complexity index is 98.9. The van der Waals surface area contributed by atoms with Gasteiger partial charge in [-0.05, 0) is 13.3 Å². The fourth-order valence-corrected chi connectivity index (χ4v) is 3.33. The highest BCUT2D eigenvalue weighted by molar-refractivity contribution is 7.44. The molecule has 0 amide bonds. The van der Waals surface area contributed by atoms with Crippen LogP contribution in [0.1, 0.15) is 20.3 Å². The minimum Gasteiger partial charge on any atom is -0.392 e. The van der Waals surface area contributed by atoms with E-state index in [9.17, 15) is 0 Å². The summed E-state index contributed by atoms with van der Waals surface area (Å²) in [4.78, 5) is 0. The van der Waals surface area contributed by atoms with Crippen molar-refractivity contribution in [3.05, 3.63) is 0 Å². The third kappa shape index (κ3) is 3.44. The first kappa shape index (κ1) is 11.0. The quantitative estimate of drug-likeness (QED) is 0.403. The molecule has 0 saturated heterocycles. The second-order valence-electron chi connectivity index (χ2n) is 1.87. The van der Waals surface area contributed by atoms with Crippen molar-refractivity contribution < 1.29 is 4.43 Å². The molecule has 0 N–H and O–H groups in total. The minimum absolute atomic E-state index is 0.212. The number of halogens is 3. The number of hydrogen-bond donors (Lipinski definition) is 0. The van der Waals surface area contributed by atoms with E-state index in [1.54, 1.807) is 0 Å². The minimum atomic E-state index is -2.60. The Morgan fingerprint density at radius 1 is 1.40 bits per heavy atom. The van der Waals surface area contributed by atoms with Gasteiger partial charge in [-0.1, -0.05) is 6.92 Å².